The van der Waals surface area contributed by atoms with Crippen LogP contribution in [0.2, 0.25) is 0 Å². The van der Waals surface area contributed by atoms with E-state index in [1.165, 1.54) is 37.1 Å². The minimum absolute atomic E-state index is 0.0982. The second-order valence-corrected chi connectivity index (χ2v) is 7.16. The molecule has 1 saturated heterocycles. The summed E-state index contributed by atoms with van der Waals surface area (Å²) < 4.78 is 24.2. The van der Waals surface area contributed by atoms with Gasteiger partial charge >= 0.3 is 5.97 Å². The zero-order chi connectivity index (χ0) is 14.6. The molecule has 0 aliphatic carbocycles. The van der Waals surface area contributed by atoms with Gasteiger partial charge in [0.05, 0.1) is 16.2 Å². The highest BCUT2D eigenvalue weighted by Crippen LogP contribution is 2.14. The van der Waals surface area contributed by atoms with E-state index in [1.54, 1.807) is 0 Å². The first-order valence-corrected chi connectivity index (χ1v) is 8.43. The Balaban J connectivity index is 1.93. The molecule has 1 aromatic rings. The van der Waals surface area contributed by atoms with Gasteiger partial charge in [0.15, 0.2) is 9.84 Å². The third kappa shape index (κ3) is 3.80. The highest BCUT2D eigenvalue weighted by Gasteiger charge is 2.17. The Morgan fingerprint density at radius 1 is 1.15 bits per heavy atom. The fourth-order valence-corrected chi connectivity index (χ4v) is 3.70. The molecule has 1 N–H and O–H groups in total. The predicted molar refractivity (Wildman–Crippen MR) is 75.7 cm³/mol. The van der Waals surface area contributed by atoms with Gasteiger partial charge in [0, 0.05) is 0 Å². The molecule has 0 unspecified atom stereocenters. The van der Waals surface area contributed by atoms with E-state index >= 15 is 0 Å². The Hall–Kier alpha value is -1.40. The Morgan fingerprint density at radius 2 is 1.75 bits per heavy atom. The molecule has 0 spiro atoms. The van der Waals surface area contributed by atoms with Crippen LogP contribution < -0.4 is 0 Å². The van der Waals surface area contributed by atoms with E-state index in [9.17, 15) is 13.2 Å². The zero-order valence-electron chi connectivity index (χ0n) is 11.3. The summed E-state index contributed by atoms with van der Waals surface area (Å²) in [5.41, 5.74) is 0.0982. The van der Waals surface area contributed by atoms with Gasteiger partial charge < -0.3 is 10.0 Å². The molecule has 5 nitrogen and oxygen atoms in total. The molecule has 1 aromatic carbocycles. The fraction of sp³-hybridized carbons (Fsp3) is 0.500. The molecule has 1 heterocycles. The van der Waals surface area contributed by atoms with Crippen LogP contribution in [0.4, 0.5) is 0 Å². The molecule has 1 aliphatic rings. The Labute approximate surface area is 119 Å². The monoisotopic (exact) mass is 297 g/mol. The number of rotatable bonds is 6. The maximum absolute atomic E-state index is 12.1. The second-order valence-electron chi connectivity index (χ2n) is 5.05. The summed E-state index contributed by atoms with van der Waals surface area (Å²) in [6.07, 6.45) is 3.01. The average molecular weight is 297 g/mol. The van der Waals surface area contributed by atoms with Gasteiger partial charge in [-0.1, -0.05) is 0 Å². The van der Waals surface area contributed by atoms with Crippen molar-refractivity contribution >= 4 is 15.8 Å². The lowest BCUT2D eigenvalue weighted by molar-refractivity contribution is 0.0697. The summed E-state index contributed by atoms with van der Waals surface area (Å²) >= 11 is 0. The molecule has 1 fully saturated rings. The number of benzene rings is 1. The number of aromatic carboxylic acids is 1. The van der Waals surface area contributed by atoms with E-state index in [1.807, 2.05) is 0 Å². The number of carbonyl (C=O) groups is 1. The number of sulfone groups is 1. The van der Waals surface area contributed by atoms with Crippen LogP contribution in [0.3, 0.4) is 0 Å². The summed E-state index contributed by atoms with van der Waals surface area (Å²) in [5, 5.41) is 8.79. The van der Waals surface area contributed by atoms with Crippen LogP contribution in [0.1, 0.15) is 29.6 Å². The largest absolute Gasteiger partial charge is 0.478 e. The molecule has 0 bridgehead atoms. The number of likely N-dealkylation sites (tertiary alicyclic amines) is 1. The smallest absolute Gasteiger partial charge is 0.335 e. The fourth-order valence-electron chi connectivity index (χ4n) is 2.41. The van der Waals surface area contributed by atoms with E-state index in [4.69, 9.17) is 5.11 Å². The van der Waals surface area contributed by atoms with Crippen LogP contribution in [0.5, 0.6) is 0 Å². The predicted octanol–water partition coefficient (Wildman–Crippen LogP) is 1.64. The highest BCUT2D eigenvalue weighted by atomic mass is 32.2. The van der Waals surface area contributed by atoms with Crippen molar-refractivity contribution in [2.24, 2.45) is 0 Å². The first kappa shape index (κ1) is 15.0. The molecule has 0 saturated carbocycles. The standard InChI is InChI=1S/C14H19NO4S/c16-14(17)12-4-6-13(7-5-12)20(18,19)11-3-10-15-8-1-2-9-15/h4-7H,1-3,8-11H2,(H,16,17). The van der Waals surface area contributed by atoms with E-state index in [0.29, 0.717) is 6.42 Å². The molecule has 110 valence electrons. The van der Waals surface area contributed by atoms with Gasteiger partial charge in [-0.2, -0.15) is 0 Å². The van der Waals surface area contributed by atoms with Crippen LogP contribution in [0.15, 0.2) is 29.2 Å². The normalized spacial score (nSPS) is 16.4. The van der Waals surface area contributed by atoms with Gasteiger partial charge in [-0.15, -0.1) is 0 Å². The number of carboxylic acids is 1. The van der Waals surface area contributed by atoms with Gasteiger partial charge in [-0.3, -0.25) is 0 Å². The maximum Gasteiger partial charge on any atom is 0.335 e. The van der Waals surface area contributed by atoms with Crippen molar-refractivity contribution in [1.29, 1.82) is 0 Å². The van der Waals surface area contributed by atoms with Crippen LogP contribution >= 0.6 is 0 Å². The minimum atomic E-state index is -3.31. The molecule has 20 heavy (non-hydrogen) atoms. The van der Waals surface area contributed by atoms with Crippen LogP contribution in [0.25, 0.3) is 0 Å². The van der Waals surface area contributed by atoms with Crippen LogP contribution in [0, 0.1) is 0 Å². The average Bonchev–Trinajstić information content (AvgIpc) is 2.92. The van der Waals surface area contributed by atoms with Crippen molar-refractivity contribution in [1.82, 2.24) is 4.90 Å². The second kappa shape index (κ2) is 6.37. The van der Waals surface area contributed by atoms with Crippen molar-refractivity contribution in [3.63, 3.8) is 0 Å². The maximum atomic E-state index is 12.1. The van der Waals surface area contributed by atoms with Crippen LogP contribution in [-0.4, -0.2) is 49.8 Å². The van der Waals surface area contributed by atoms with E-state index in [-0.39, 0.29) is 16.2 Å². The molecule has 2 rings (SSSR count). The lowest BCUT2D eigenvalue weighted by Gasteiger charge is -2.14. The van der Waals surface area contributed by atoms with Crippen molar-refractivity contribution < 1.29 is 18.3 Å². The van der Waals surface area contributed by atoms with Gasteiger partial charge in [-0.25, -0.2) is 13.2 Å². The van der Waals surface area contributed by atoms with Crippen LogP contribution in [-0.2, 0) is 9.84 Å². The van der Waals surface area contributed by atoms with Gasteiger partial charge in [-0.05, 0) is 63.2 Å². The first-order valence-electron chi connectivity index (χ1n) is 6.77. The van der Waals surface area contributed by atoms with Crippen molar-refractivity contribution in [3.8, 4) is 0 Å². The minimum Gasteiger partial charge on any atom is -0.478 e. The number of hydrogen-bond acceptors (Lipinski definition) is 4. The summed E-state index contributed by atoms with van der Waals surface area (Å²) in [5.74, 6) is -0.946. The molecule has 0 amide bonds. The molecule has 6 heteroatoms. The lowest BCUT2D eigenvalue weighted by Crippen LogP contribution is -2.22. The quantitative estimate of drug-likeness (QED) is 0.864. The molecular formula is C14H19NO4S. The Kier molecular flexibility index (Phi) is 4.77. The Bertz CT molecular complexity index is 559. The van der Waals surface area contributed by atoms with Crippen molar-refractivity contribution in [2.75, 3.05) is 25.4 Å². The Morgan fingerprint density at radius 3 is 2.30 bits per heavy atom. The summed E-state index contributed by atoms with van der Waals surface area (Å²) in [7, 11) is -3.31. The zero-order valence-corrected chi connectivity index (χ0v) is 12.1. The third-order valence-corrected chi connectivity index (χ3v) is 5.36. The molecule has 0 radical (unpaired) electrons. The molecule has 0 atom stereocenters. The third-order valence-electron chi connectivity index (χ3n) is 3.55. The topological polar surface area (TPSA) is 74.7 Å². The molecule has 1 aliphatic heterocycles. The van der Waals surface area contributed by atoms with Crippen molar-refractivity contribution in [2.45, 2.75) is 24.2 Å². The number of carboxylic acid groups (broad SMARTS) is 1. The van der Waals surface area contributed by atoms with Crippen molar-refractivity contribution in [3.05, 3.63) is 29.8 Å². The lowest BCUT2D eigenvalue weighted by atomic mass is 10.2. The van der Waals surface area contributed by atoms with Gasteiger partial charge in [0.25, 0.3) is 0 Å². The summed E-state index contributed by atoms with van der Waals surface area (Å²) in [6.45, 7) is 2.94. The van der Waals surface area contributed by atoms with E-state index in [0.717, 1.165) is 19.6 Å². The van der Waals surface area contributed by atoms with E-state index in [2.05, 4.69) is 4.90 Å². The number of nitrogens with zero attached hydrogens (tertiary/aromatic N) is 1. The SMILES string of the molecule is O=C(O)c1ccc(S(=O)(=O)CCCN2CCCC2)cc1. The van der Waals surface area contributed by atoms with Gasteiger partial charge in [0.2, 0.25) is 0 Å². The summed E-state index contributed by atoms with van der Waals surface area (Å²) in [6, 6.07) is 5.40. The summed E-state index contributed by atoms with van der Waals surface area (Å²) in [4.78, 5) is 13.2. The molecular weight excluding hydrogens is 278 g/mol. The number of hydrogen-bond donors (Lipinski definition) is 1. The first-order chi connectivity index (χ1) is 9.49. The van der Waals surface area contributed by atoms with E-state index < -0.39 is 15.8 Å². The highest BCUT2D eigenvalue weighted by molar-refractivity contribution is 7.91. The molecule has 0 aromatic heterocycles. The van der Waals surface area contributed by atoms with Gasteiger partial charge in [0.1, 0.15) is 0 Å².